The molecule has 1 fully saturated rings. The van der Waals surface area contributed by atoms with Gasteiger partial charge in [0.15, 0.2) is 10.9 Å². The highest BCUT2D eigenvalue weighted by Gasteiger charge is 2.19. The summed E-state index contributed by atoms with van der Waals surface area (Å²) in [6.45, 7) is 3.37. The van der Waals surface area contributed by atoms with E-state index in [9.17, 15) is 4.39 Å². The van der Waals surface area contributed by atoms with Gasteiger partial charge in [-0.3, -0.25) is 4.68 Å². The summed E-state index contributed by atoms with van der Waals surface area (Å²) in [5, 5.41) is 8.11. The summed E-state index contributed by atoms with van der Waals surface area (Å²) in [6.07, 6.45) is 1.87. The Hall–Kier alpha value is -2.15. The highest BCUT2D eigenvalue weighted by atomic mass is 32.1. The zero-order chi connectivity index (χ0) is 15.5. The van der Waals surface area contributed by atoms with Crippen molar-refractivity contribution in [1.82, 2.24) is 14.7 Å². The molecule has 1 N–H and O–H groups in total. The summed E-state index contributed by atoms with van der Waals surface area (Å²) in [5.74, 6) is 0.552. The first-order valence-corrected chi connectivity index (χ1v) is 7.59. The van der Waals surface area contributed by atoms with Gasteiger partial charge in [0, 0.05) is 51.2 Å². The molecule has 116 valence electrons. The molecule has 7 heteroatoms. The third kappa shape index (κ3) is 3.36. The van der Waals surface area contributed by atoms with Gasteiger partial charge in [-0.15, -0.1) is 0 Å². The molecule has 0 radical (unpaired) electrons. The molecule has 1 aliphatic rings. The Morgan fingerprint density at radius 3 is 2.41 bits per heavy atom. The number of aryl methyl sites for hydroxylation is 1. The molecule has 2 aromatic rings. The van der Waals surface area contributed by atoms with Gasteiger partial charge in [0.05, 0.1) is 0 Å². The maximum Gasteiger partial charge on any atom is 0.174 e. The lowest BCUT2D eigenvalue weighted by Crippen LogP contribution is -2.50. The van der Waals surface area contributed by atoms with E-state index in [1.807, 2.05) is 31.4 Å². The monoisotopic (exact) mass is 319 g/mol. The average molecular weight is 319 g/mol. The molecule has 3 rings (SSSR count). The number of hydrogen-bond acceptors (Lipinski definition) is 3. The van der Waals surface area contributed by atoms with Crippen molar-refractivity contribution in [2.75, 3.05) is 36.4 Å². The molecule has 0 spiro atoms. The first-order valence-electron chi connectivity index (χ1n) is 7.18. The maximum absolute atomic E-state index is 13.0. The van der Waals surface area contributed by atoms with Crippen LogP contribution in [-0.2, 0) is 7.05 Å². The van der Waals surface area contributed by atoms with Crippen molar-refractivity contribution in [2.24, 2.45) is 7.05 Å². The lowest BCUT2D eigenvalue weighted by Gasteiger charge is -2.37. The fraction of sp³-hybridized carbons (Fsp3) is 0.333. The van der Waals surface area contributed by atoms with Crippen LogP contribution >= 0.6 is 12.2 Å². The van der Waals surface area contributed by atoms with Crippen LogP contribution in [0.15, 0.2) is 36.5 Å². The van der Waals surface area contributed by atoms with E-state index in [2.05, 4.69) is 20.2 Å². The van der Waals surface area contributed by atoms with Crippen molar-refractivity contribution in [2.45, 2.75) is 0 Å². The van der Waals surface area contributed by atoms with E-state index in [0.717, 1.165) is 37.7 Å². The molecule has 2 heterocycles. The Kier molecular flexibility index (Phi) is 4.24. The Morgan fingerprint density at radius 1 is 1.14 bits per heavy atom. The normalized spacial score (nSPS) is 15.0. The fourth-order valence-electron chi connectivity index (χ4n) is 2.49. The first kappa shape index (κ1) is 14.8. The van der Waals surface area contributed by atoms with E-state index in [-0.39, 0.29) is 5.82 Å². The number of thiocarbonyl (C=S) groups is 1. The van der Waals surface area contributed by atoms with Crippen molar-refractivity contribution >= 4 is 28.8 Å². The molecule has 0 amide bonds. The molecule has 1 aromatic carbocycles. The highest BCUT2D eigenvalue weighted by molar-refractivity contribution is 7.80. The number of nitrogens with zero attached hydrogens (tertiary/aromatic N) is 4. The number of benzene rings is 1. The quantitative estimate of drug-likeness (QED) is 0.858. The summed E-state index contributed by atoms with van der Waals surface area (Å²) in [6, 6.07) is 8.51. The second-order valence-corrected chi connectivity index (χ2v) is 5.64. The van der Waals surface area contributed by atoms with Crippen LogP contribution in [0, 0.1) is 5.82 Å². The molecule has 1 aromatic heterocycles. The van der Waals surface area contributed by atoms with E-state index >= 15 is 0 Å². The van der Waals surface area contributed by atoms with Crippen LogP contribution in [0.5, 0.6) is 0 Å². The van der Waals surface area contributed by atoms with Gasteiger partial charge in [-0.2, -0.15) is 5.10 Å². The van der Waals surface area contributed by atoms with Crippen LogP contribution in [0.2, 0.25) is 0 Å². The van der Waals surface area contributed by atoms with Crippen molar-refractivity contribution in [1.29, 1.82) is 0 Å². The minimum Gasteiger partial charge on any atom is -0.368 e. The summed E-state index contributed by atoms with van der Waals surface area (Å²) in [5.41, 5.74) is 1.05. The molecule has 0 saturated carbocycles. The Balaban J connectivity index is 1.54. The van der Waals surface area contributed by atoms with Gasteiger partial charge in [0.1, 0.15) is 5.82 Å². The lowest BCUT2D eigenvalue weighted by atomic mass is 10.2. The zero-order valence-electron chi connectivity index (χ0n) is 12.4. The minimum absolute atomic E-state index is 0.205. The van der Waals surface area contributed by atoms with Gasteiger partial charge in [-0.1, -0.05) is 0 Å². The van der Waals surface area contributed by atoms with Crippen LogP contribution < -0.4 is 10.2 Å². The average Bonchev–Trinajstić information content (AvgIpc) is 2.93. The van der Waals surface area contributed by atoms with Gasteiger partial charge in [-0.05, 0) is 36.5 Å². The molecule has 1 saturated heterocycles. The molecule has 0 unspecified atom stereocenters. The Morgan fingerprint density at radius 2 is 1.82 bits per heavy atom. The molecule has 0 atom stereocenters. The van der Waals surface area contributed by atoms with Crippen LogP contribution in [0.3, 0.4) is 0 Å². The predicted molar refractivity (Wildman–Crippen MR) is 89.6 cm³/mol. The number of rotatable bonds is 2. The Labute approximate surface area is 134 Å². The maximum atomic E-state index is 13.0. The summed E-state index contributed by atoms with van der Waals surface area (Å²) in [7, 11) is 1.87. The van der Waals surface area contributed by atoms with Crippen LogP contribution in [0.1, 0.15) is 0 Å². The van der Waals surface area contributed by atoms with Crippen LogP contribution in [-0.4, -0.2) is 46.0 Å². The number of piperazine rings is 1. The van der Waals surface area contributed by atoms with Gasteiger partial charge >= 0.3 is 0 Å². The first-order chi connectivity index (χ1) is 10.6. The van der Waals surface area contributed by atoms with E-state index in [0.29, 0.717) is 5.11 Å². The number of nitrogens with one attached hydrogen (secondary N) is 1. The minimum atomic E-state index is -0.205. The largest absolute Gasteiger partial charge is 0.368 e. The topological polar surface area (TPSA) is 36.3 Å². The molecular formula is C15H18FN5S. The number of hydrogen-bond donors (Lipinski definition) is 1. The number of aromatic nitrogens is 2. The second-order valence-electron chi connectivity index (χ2n) is 5.26. The fourth-order valence-corrected chi connectivity index (χ4v) is 2.78. The van der Waals surface area contributed by atoms with E-state index in [4.69, 9.17) is 12.2 Å². The van der Waals surface area contributed by atoms with E-state index in [1.165, 1.54) is 12.1 Å². The number of anilines is 2. The summed E-state index contributed by atoms with van der Waals surface area (Å²) in [4.78, 5) is 4.36. The van der Waals surface area contributed by atoms with Crippen molar-refractivity contribution in [3.8, 4) is 0 Å². The lowest BCUT2D eigenvalue weighted by molar-refractivity contribution is 0.390. The molecule has 0 bridgehead atoms. The standard InChI is InChI=1S/C15H18FN5S/c1-19-7-6-14(18-19)17-15(22)21-10-8-20(9-11-21)13-4-2-12(16)3-5-13/h2-7H,8-11H2,1H3,(H,17,18,22). The predicted octanol–water partition coefficient (Wildman–Crippen LogP) is 2.08. The summed E-state index contributed by atoms with van der Waals surface area (Å²) < 4.78 is 14.7. The van der Waals surface area contributed by atoms with Crippen LogP contribution in [0.25, 0.3) is 0 Å². The third-order valence-electron chi connectivity index (χ3n) is 3.71. The SMILES string of the molecule is Cn1ccc(NC(=S)N2CCN(c3ccc(F)cc3)CC2)n1. The van der Waals surface area contributed by atoms with Gasteiger partial charge in [0.25, 0.3) is 0 Å². The summed E-state index contributed by atoms with van der Waals surface area (Å²) >= 11 is 5.44. The van der Waals surface area contributed by atoms with Gasteiger partial charge in [0.2, 0.25) is 0 Å². The molecular weight excluding hydrogens is 301 g/mol. The molecule has 22 heavy (non-hydrogen) atoms. The second kappa shape index (κ2) is 6.31. The van der Waals surface area contributed by atoms with Crippen molar-refractivity contribution in [3.63, 3.8) is 0 Å². The smallest absolute Gasteiger partial charge is 0.174 e. The molecule has 1 aliphatic heterocycles. The Bertz CT molecular complexity index is 646. The number of halogens is 1. The zero-order valence-corrected chi connectivity index (χ0v) is 13.2. The van der Waals surface area contributed by atoms with E-state index in [1.54, 1.807) is 4.68 Å². The third-order valence-corrected chi connectivity index (χ3v) is 4.07. The highest BCUT2D eigenvalue weighted by Crippen LogP contribution is 2.17. The van der Waals surface area contributed by atoms with Crippen LogP contribution in [0.4, 0.5) is 15.9 Å². The molecule has 0 aliphatic carbocycles. The molecule has 5 nitrogen and oxygen atoms in total. The van der Waals surface area contributed by atoms with Crippen molar-refractivity contribution in [3.05, 3.63) is 42.3 Å². The van der Waals surface area contributed by atoms with Gasteiger partial charge < -0.3 is 15.1 Å². The van der Waals surface area contributed by atoms with Gasteiger partial charge in [-0.25, -0.2) is 4.39 Å². The van der Waals surface area contributed by atoms with E-state index < -0.39 is 0 Å². The van der Waals surface area contributed by atoms with Crippen molar-refractivity contribution < 1.29 is 4.39 Å².